The second kappa shape index (κ2) is 4.65. The average Bonchev–Trinajstić information content (AvgIpc) is 2.30. The van der Waals surface area contributed by atoms with Gasteiger partial charge in [0.1, 0.15) is 5.69 Å². The van der Waals surface area contributed by atoms with Crippen LogP contribution in [0.4, 0.5) is 27.6 Å². The molecule has 0 amide bonds. The van der Waals surface area contributed by atoms with E-state index < -0.39 is 40.7 Å². The molecule has 0 spiro atoms. The van der Waals surface area contributed by atoms with E-state index in [9.17, 15) is 22.0 Å². The SMILES string of the molecule is N#CNC(N)=Nc1c(F)c(F)c(F)c(F)c1F. The molecule has 0 bridgehead atoms. The van der Waals surface area contributed by atoms with Crippen LogP contribution < -0.4 is 11.1 Å². The highest BCUT2D eigenvalue weighted by atomic mass is 19.2. The predicted octanol–water partition coefficient (Wildman–Crippen LogP) is 1.40. The summed E-state index contributed by atoms with van der Waals surface area (Å²) in [6, 6.07) is 0. The van der Waals surface area contributed by atoms with Gasteiger partial charge in [-0.1, -0.05) is 0 Å². The van der Waals surface area contributed by atoms with Gasteiger partial charge in [0.05, 0.1) is 0 Å². The molecule has 4 nitrogen and oxygen atoms in total. The van der Waals surface area contributed by atoms with E-state index >= 15 is 0 Å². The maximum absolute atomic E-state index is 13.0. The van der Waals surface area contributed by atoms with Crippen LogP contribution in [0.5, 0.6) is 0 Å². The second-order valence-electron chi connectivity index (χ2n) is 2.65. The molecule has 0 unspecified atom stereocenters. The highest BCUT2D eigenvalue weighted by Crippen LogP contribution is 2.29. The summed E-state index contributed by atoms with van der Waals surface area (Å²) in [5.41, 5.74) is 3.47. The molecular weight excluding hydrogens is 247 g/mol. The maximum atomic E-state index is 13.0. The number of nitrogens with one attached hydrogen (secondary N) is 1. The number of nitrogens with zero attached hydrogens (tertiary/aromatic N) is 2. The summed E-state index contributed by atoms with van der Waals surface area (Å²) in [6.45, 7) is 0. The zero-order chi connectivity index (χ0) is 13.2. The van der Waals surface area contributed by atoms with E-state index in [0.717, 1.165) is 0 Å². The third-order valence-corrected chi connectivity index (χ3v) is 1.60. The van der Waals surface area contributed by atoms with Crippen molar-refractivity contribution in [2.24, 2.45) is 10.7 Å². The third-order valence-electron chi connectivity index (χ3n) is 1.60. The zero-order valence-electron chi connectivity index (χ0n) is 7.86. The van der Waals surface area contributed by atoms with Gasteiger partial charge < -0.3 is 5.73 Å². The topological polar surface area (TPSA) is 74.2 Å². The molecule has 90 valence electrons. The minimum Gasteiger partial charge on any atom is -0.369 e. The van der Waals surface area contributed by atoms with Gasteiger partial charge in [-0.15, -0.1) is 0 Å². The Hall–Kier alpha value is -2.37. The van der Waals surface area contributed by atoms with Crippen molar-refractivity contribution < 1.29 is 22.0 Å². The number of hydrogen-bond acceptors (Lipinski definition) is 2. The number of hydrogen-bond donors (Lipinski definition) is 2. The van der Waals surface area contributed by atoms with Gasteiger partial charge in [-0.25, -0.2) is 26.9 Å². The van der Waals surface area contributed by atoms with E-state index in [1.165, 1.54) is 6.19 Å². The van der Waals surface area contributed by atoms with Crippen LogP contribution in [0.2, 0.25) is 0 Å². The summed E-state index contributed by atoms with van der Waals surface area (Å²) in [5.74, 6) is -11.7. The molecule has 9 heteroatoms. The number of benzene rings is 1. The molecule has 17 heavy (non-hydrogen) atoms. The predicted molar refractivity (Wildman–Crippen MR) is 46.3 cm³/mol. The second-order valence-corrected chi connectivity index (χ2v) is 2.65. The van der Waals surface area contributed by atoms with Crippen molar-refractivity contribution in [2.45, 2.75) is 0 Å². The van der Waals surface area contributed by atoms with Crippen LogP contribution in [-0.4, -0.2) is 5.96 Å². The van der Waals surface area contributed by atoms with Crippen LogP contribution >= 0.6 is 0 Å². The van der Waals surface area contributed by atoms with Crippen molar-refractivity contribution in [1.82, 2.24) is 5.32 Å². The molecule has 0 aliphatic heterocycles. The molecule has 0 aliphatic carbocycles. The lowest BCUT2D eigenvalue weighted by Gasteiger charge is -2.04. The summed E-state index contributed by atoms with van der Waals surface area (Å²) in [5, 5.41) is 9.75. The lowest BCUT2D eigenvalue weighted by Crippen LogP contribution is -2.27. The van der Waals surface area contributed by atoms with Crippen LogP contribution in [0.3, 0.4) is 0 Å². The highest BCUT2D eigenvalue weighted by Gasteiger charge is 2.25. The molecule has 1 aromatic carbocycles. The van der Waals surface area contributed by atoms with Crippen LogP contribution in [0.1, 0.15) is 0 Å². The van der Waals surface area contributed by atoms with Crippen molar-refractivity contribution >= 4 is 11.6 Å². The molecule has 0 saturated heterocycles. The number of guanidine groups is 1. The normalized spacial score (nSPS) is 11.2. The van der Waals surface area contributed by atoms with Gasteiger partial charge in [-0.05, 0) is 0 Å². The largest absolute Gasteiger partial charge is 0.369 e. The first-order valence-corrected chi connectivity index (χ1v) is 3.90. The Kier molecular flexibility index (Phi) is 3.47. The molecular formula is C8H3F5N4. The van der Waals surface area contributed by atoms with Crippen molar-refractivity contribution in [1.29, 1.82) is 5.26 Å². The summed E-state index contributed by atoms with van der Waals surface area (Å²) >= 11 is 0. The first-order chi connectivity index (χ1) is 7.90. The fraction of sp³-hybridized carbons (Fsp3) is 0. The Morgan fingerprint density at radius 2 is 1.41 bits per heavy atom. The number of nitriles is 1. The van der Waals surface area contributed by atoms with Crippen molar-refractivity contribution in [3.8, 4) is 6.19 Å². The Morgan fingerprint density at radius 3 is 1.82 bits per heavy atom. The Morgan fingerprint density at radius 1 is 1.00 bits per heavy atom. The van der Waals surface area contributed by atoms with Gasteiger partial charge in [0.2, 0.25) is 11.8 Å². The van der Waals surface area contributed by atoms with E-state index in [0.29, 0.717) is 0 Å². The fourth-order valence-electron chi connectivity index (χ4n) is 0.897. The van der Waals surface area contributed by atoms with Crippen LogP contribution in [-0.2, 0) is 0 Å². The van der Waals surface area contributed by atoms with Crippen LogP contribution in [0, 0.1) is 40.5 Å². The third kappa shape index (κ3) is 2.25. The molecule has 0 fully saturated rings. The van der Waals surface area contributed by atoms with Gasteiger partial charge in [-0.2, -0.15) is 5.26 Å². The molecule has 0 atom stereocenters. The molecule has 3 N–H and O–H groups in total. The Balaban J connectivity index is 3.46. The van der Waals surface area contributed by atoms with E-state index in [1.54, 1.807) is 5.32 Å². The van der Waals surface area contributed by atoms with Gasteiger partial charge in [0.25, 0.3) is 0 Å². The first kappa shape index (κ1) is 12.7. The van der Waals surface area contributed by atoms with Gasteiger partial charge in [0.15, 0.2) is 29.5 Å². The van der Waals surface area contributed by atoms with Crippen molar-refractivity contribution in [3.05, 3.63) is 29.1 Å². The van der Waals surface area contributed by atoms with Crippen molar-refractivity contribution in [2.75, 3.05) is 0 Å². The molecule has 0 heterocycles. The zero-order valence-corrected chi connectivity index (χ0v) is 7.86. The minimum absolute atomic E-state index is 0.810. The lowest BCUT2D eigenvalue weighted by atomic mass is 10.2. The van der Waals surface area contributed by atoms with E-state index in [1.807, 2.05) is 0 Å². The monoisotopic (exact) mass is 250 g/mol. The molecule has 0 aromatic heterocycles. The first-order valence-electron chi connectivity index (χ1n) is 3.90. The standard InChI is InChI=1S/C8H3F5N4/c9-2-3(10)5(12)7(6(13)4(2)11)17-8(15)16-1-14/h(H3,15,16,17). The Labute approximate surface area is 91.2 Å². The fourth-order valence-corrected chi connectivity index (χ4v) is 0.897. The minimum atomic E-state index is -2.30. The molecule has 1 aromatic rings. The Bertz CT molecular complexity index is 505. The molecule has 0 radical (unpaired) electrons. The molecule has 0 aliphatic rings. The number of halogens is 5. The van der Waals surface area contributed by atoms with E-state index in [2.05, 4.69) is 4.99 Å². The van der Waals surface area contributed by atoms with E-state index in [4.69, 9.17) is 11.0 Å². The summed E-state index contributed by atoms with van der Waals surface area (Å²) < 4.78 is 64.0. The number of nitrogens with two attached hydrogens (primary N) is 1. The quantitative estimate of drug-likeness (QED) is 0.150. The summed E-state index contributed by atoms with van der Waals surface area (Å²) in [4.78, 5) is 2.87. The van der Waals surface area contributed by atoms with Crippen LogP contribution in [0.15, 0.2) is 4.99 Å². The number of rotatable bonds is 1. The summed E-state index contributed by atoms with van der Waals surface area (Å²) in [6.07, 6.45) is 1.25. The van der Waals surface area contributed by atoms with Gasteiger partial charge in [-0.3, -0.25) is 5.32 Å². The smallest absolute Gasteiger partial charge is 0.207 e. The van der Waals surface area contributed by atoms with Crippen LogP contribution in [0.25, 0.3) is 0 Å². The maximum Gasteiger partial charge on any atom is 0.207 e. The highest BCUT2D eigenvalue weighted by molar-refractivity contribution is 5.82. The lowest BCUT2D eigenvalue weighted by molar-refractivity contribution is 0.381. The van der Waals surface area contributed by atoms with E-state index in [-0.39, 0.29) is 0 Å². The molecule has 1 rings (SSSR count). The number of aliphatic imine (C=N–C) groups is 1. The average molecular weight is 250 g/mol. The van der Waals surface area contributed by atoms with Crippen molar-refractivity contribution in [3.63, 3.8) is 0 Å². The van der Waals surface area contributed by atoms with Gasteiger partial charge >= 0.3 is 0 Å². The molecule has 0 saturated carbocycles. The van der Waals surface area contributed by atoms with Gasteiger partial charge in [0, 0.05) is 0 Å². The summed E-state index contributed by atoms with van der Waals surface area (Å²) in [7, 11) is 0.